The molecule has 0 aliphatic carbocycles. The first-order chi connectivity index (χ1) is 12.0. The van der Waals surface area contributed by atoms with Crippen molar-refractivity contribution in [3.63, 3.8) is 0 Å². The van der Waals surface area contributed by atoms with Gasteiger partial charge in [0.1, 0.15) is 5.82 Å². The fourth-order valence-corrected chi connectivity index (χ4v) is 2.65. The third-order valence-corrected chi connectivity index (χ3v) is 4.21. The minimum absolute atomic E-state index is 0.215. The summed E-state index contributed by atoms with van der Waals surface area (Å²) < 4.78 is 14.7. The molecule has 0 saturated heterocycles. The van der Waals surface area contributed by atoms with Gasteiger partial charge < -0.3 is 5.32 Å². The maximum Gasteiger partial charge on any atom is 0.256 e. The van der Waals surface area contributed by atoms with Crippen molar-refractivity contribution in [3.05, 3.63) is 82.3 Å². The molecule has 0 bridgehead atoms. The molecule has 1 heterocycles. The van der Waals surface area contributed by atoms with E-state index in [4.69, 9.17) is 11.6 Å². The molecule has 6 heteroatoms. The molecule has 25 heavy (non-hydrogen) atoms. The van der Waals surface area contributed by atoms with Crippen LogP contribution in [-0.4, -0.2) is 15.7 Å². The Balaban J connectivity index is 1.67. The van der Waals surface area contributed by atoms with Gasteiger partial charge in [0, 0.05) is 22.8 Å². The lowest BCUT2D eigenvalue weighted by Gasteiger charge is -2.05. The Hall–Kier alpha value is -2.66. The Morgan fingerprint density at radius 2 is 1.96 bits per heavy atom. The Kier molecular flexibility index (Phi) is 5.14. The van der Waals surface area contributed by atoms with Crippen LogP contribution in [-0.2, 0) is 13.0 Å². The molecule has 3 aromatic rings. The Morgan fingerprint density at radius 3 is 2.64 bits per heavy atom. The fourth-order valence-electron chi connectivity index (χ4n) is 2.42. The second-order valence-electron chi connectivity index (χ2n) is 5.64. The smallest absolute Gasteiger partial charge is 0.256 e. The first-order valence-electron chi connectivity index (χ1n) is 7.93. The van der Waals surface area contributed by atoms with Gasteiger partial charge in [0.2, 0.25) is 0 Å². The Morgan fingerprint density at radius 1 is 1.20 bits per heavy atom. The number of amides is 1. The van der Waals surface area contributed by atoms with Crippen LogP contribution in [0.15, 0.2) is 54.7 Å². The first kappa shape index (κ1) is 17.2. The van der Waals surface area contributed by atoms with Gasteiger partial charge in [-0.05, 0) is 41.8 Å². The molecule has 0 spiro atoms. The number of aromatic nitrogens is 2. The van der Waals surface area contributed by atoms with Crippen LogP contribution < -0.4 is 5.32 Å². The zero-order valence-electron chi connectivity index (χ0n) is 13.7. The molecule has 1 aromatic heterocycles. The number of halogens is 2. The number of benzene rings is 2. The number of hydrogen-bond acceptors (Lipinski definition) is 2. The molecule has 1 amide bonds. The third-order valence-electron chi connectivity index (χ3n) is 3.85. The van der Waals surface area contributed by atoms with E-state index in [9.17, 15) is 9.18 Å². The van der Waals surface area contributed by atoms with Crippen molar-refractivity contribution in [3.8, 4) is 0 Å². The average Bonchev–Trinajstić information content (AvgIpc) is 3.04. The van der Waals surface area contributed by atoms with Crippen LogP contribution in [0.1, 0.15) is 28.4 Å². The van der Waals surface area contributed by atoms with Crippen LogP contribution in [0.3, 0.4) is 0 Å². The van der Waals surface area contributed by atoms with E-state index in [2.05, 4.69) is 17.3 Å². The quantitative estimate of drug-likeness (QED) is 0.728. The summed E-state index contributed by atoms with van der Waals surface area (Å²) >= 11 is 6.02. The standard InChI is InChI=1S/C19H17ClFN3O/c1-2-13-3-5-14(6-4-13)19(25)22-18-9-10-24(23-18)12-15-7-8-16(21)11-17(15)20/h3-11H,2,12H2,1H3,(H,22,23,25). The van der Waals surface area contributed by atoms with Gasteiger partial charge in [-0.2, -0.15) is 5.10 Å². The lowest BCUT2D eigenvalue weighted by molar-refractivity contribution is 0.102. The van der Waals surface area contributed by atoms with E-state index in [0.29, 0.717) is 22.9 Å². The van der Waals surface area contributed by atoms with Crippen molar-refractivity contribution in [2.24, 2.45) is 0 Å². The largest absolute Gasteiger partial charge is 0.305 e. The molecular formula is C19H17ClFN3O. The highest BCUT2D eigenvalue weighted by atomic mass is 35.5. The Bertz CT molecular complexity index is 890. The number of nitrogens with one attached hydrogen (secondary N) is 1. The average molecular weight is 358 g/mol. The summed E-state index contributed by atoms with van der Waals surface area (Å²) in [5.41, 5.74) is 2.50. The van der Waals surface area contributed by atoms with Gasteiger partial charge in [-0.3, -0.25) is 9.48 Å². The number of aryl methyl sites for hydroxylation is 1. The number of hydrogen-bond donors (Lipinski definition) is 1. The van der Waals surface area contributed by atoms with Gasteiger partial charge in [-0.25, -0.2) is 4.39 Å². The lowest BCUT2D eigenvalue weighted by Crippen LogP contribution is -2.13. The maximum atomic E-state index is 13.1. The number of nitrogens with zero attached hydrogens (tertiary/aromatic N) is 2. The lowest BCUT2D eigenvalue weighted by atomic mass is 10.1. The number of carbonyl (C=O) groups is 1. The highest BCUT2D eigenvalue weighted by Gasteiger charge is 2.09. The molecular weight excluding hydrogens is 341 g/mol. The highest BCUT2D eigenvalue weighted by molar-refractivity contribution is 6.31. The molecule has 0 saturated carbocycles. The summed E-state index contributed by atoms with van der Waals surface area (Å²) in [6.45, 7) is 2.45. The van der Waals surface area contributed by atoms with Crippen molar-refractivity contribution >= 4 is 23.3 Å². The predicted molar refractivity (Wildman–Crippen MR) is 96.5 cm³/mol. The van der Waals surface area contributed by atoms with Crippen LogP contribution in [0.25, 0.3) is 0 Å². The van der Waals surface area contributed by atoms with E-state index in [-0.39, 0.29) is 11.7 Å². The van der Waals surface area contributed by atoms with Crippen LogP contribution in [0.4, 0.5) is 10.2 Å². The molecule has 2 aromatic carbocycles. The minimum Gasteiger partial charge on any atom is -0.305 e. The van der Waals surface area contributed by atoms with Crippen LogP contribution in [0.5, 0.6) is 0 Å². The maximum absolute atomic E-state index is 13.1. The van der Waals surface area contributed by atoms with Crippen molar-refractivity contribution in [1.82, 2.24) is 9.78 Å². The molecule has 0 fully saturated rings. The monoisotopic (exact) mass is 357 g/mol. The van der Waals surface area contributed by atoms with Gasteiger partial charge in [0.25, 0.3) is 5.91 Å². The van der Waals surface area contributed by atoms with Gasteiger partial charge >= 0.3 is 0 Å². The van der Waals surface area contributed by atoms with E-state index in [1.807, 2.05) is 12.1 Å². The summed E-state index contributed by atoms with van der Waals surface area (Å²) in [5.74, 6) is -0.147. The molecule has 3 rings (SSSR count). The van der Waals surface area contributed by atoms with Gasteiger partial charge in [0.15, 0.2) is 5.82 Å². The van der Waals surface area contributed by atoms with E-state index >= 15 is 0 Å². The fraction of sp³-hybridized carbons (Fsp3) is 0.158. The van der Waals surface area contributed by atoms with Crippen molar-refractivity contribution in [2.45, 2.75) is 19.9 Å². The molecule has 0 radical (unpaired) electrons. The van der Waals surface area contributed by atoms with Crippen molar-refractivity contribution in [2.75, 3.05) is 5.32 Å². The molecule has 0 aliphatic heterocycles. The number of anilines is 1. The zero-order chi connectivity index (χ0) is 17.8. The Labute approximate surface area is 150 Å². The summed E-state index contributed by atoms with van der Waals surface area (Å²) in [4.78, 5) is 12.2. The molecule has 128 valence electrons. The molecule has 4 nitrogen and oxygen atoms in total. The minimum atomic E-state index is -0.378. The SMILES string of the molecule is CCc1ccc(C(=O)Nc2ccn(Cc3ccc(F)cc3Cl)n2)cc1. The third kappa shape index (κ3) is 4.25. The molecule has 0 aliphatic rings. The van der Waals surface area contributed by atoms with Crippen LogP contribution >= 0.6 is 11.6 Å². The van der Waals surface area contributed by atoms with Gasteiger partial charge in [0.05, 0.1) is 6.54 Å². The number of carbonyl (C=O) groups excluding carboxylic acids is 1. The first-order valence-corrected chi connectivity index (χ1v) is 8.30. The van der Waals surface area contributed by atoms with E-state index in [1.54, 1.807) is 35.1 Å². The summed E-state index contributed by atoms with van der Waals surface area (Å²) in [5, 5.41) is 7.41. The number of rotatable bonds is 5. The summed E-state index contributed by atoms with van der Waals surface area (Å²) in [6, 6.07) is 13.4. The second-order valence-corrected chi connectivity index (χ2v) is 6.05. The zero-order valence-corrected chi connectivity index (χ0v) is 14.4. The highest BCUT2D eigenvalue weighted by Crippen LogP contribution is 2.18. The molecule has 1 N–H and O–H groups in total. The molecule has 0 unspecified atom stereocenters. The van der Waals surface area contributed by atoms with E-state index < -0.39 is 0 Å². The van der Waals surface area contributed by atoms with Crippen LogP contribution in [0, 0.1) is 5.82 Å². The van der Waals surface area contributed by atoms with E-state index in [1.165, 1.54) is 17.7 Å². The summed E-state index contributed by atoms with van der Waals surface area (Å²) in [6.07, 6.45) is 2.66. The van der Waals surface area contributed by atoms with Gasteiger partial charge in [-0.1, -0.05) is 36.7 Å². The van der Waals surface area contributed by atoms with Crippen LogP contribution in [0.2, 0.25) is 5.02 Å². The van der Waals surface area contributed by atoms with Crippen molar-refractivity contribution < 1.29 is 9.18 Å². The van der Waals surface area contributed by atoms with E-state index in [0.717, 1.165) is 12.0 Å². The predicted octanol–water partition coefficient (Wildman–Crippen LogP) is 4.54. The van der Waals surface area contributed by atoms with Gasteiger partial charge in [-0.15, -0.1) is 0 Å². The normalized spacial score (nSPS) is 10.7. The summed E-state index contributed by atoms with van der Waals surface area (Å²) in [7, 11) is 0. The second kappa shape index (κ2) is 7.49. The molecule has 0 atom stereocenters. The topological polar surface area (TPSA) is 46.9 Å². The van der Waals surface area contributed by atoms with Crippen molar-refractivity contribution in [1.29, 1.82) is 0 Å².